The average molecular weight is 215 g/mol. The summed E-state index contributed by atoms with van der Waals surface area (Å²) in [5.74, 6) is 0. The molecule has 0 aromatic carbocycles. The standard InChI is InChI=1S/C10H21N3O2/c1-8(11)3-5-13(2)10(14)12-9-4-6-15-7-9/h8-9H,3-7,11H2,1-2H3,(H,12,14). The lowest BCUT2D eigenvalue weighted by atomic mass is 10.2. The average Bonchev–Trinajstić information content (AvgIpc) is 2.66. The highest BCUT2D eigenvalue weighted by Crippen LogP contribution is 2.04. The topological polar surface area (TPSA) is 67.6 Å². The van der Waals surface area contributed by atoms with Crippen molar-refractivity contribution in [2.45, 2.75) is 31.8 Å². The van der Waals surface area contributed by atoms with E-state index in [4.69, 9.17) is 10.5 Å². The van der Waals surface area contributed by atoms with E-state index in [-0.39, 0.29) is 18.1 Å². The minimum atomic E-state index is -0.0360. The van der Waals surface area contributed by atoms with Gasteiger partial charge in [-0.15, -0.1) is 0 Å². The highest BCUT2D eigenvalue weighted by Gasteiger charge is 2.19. The van der Waals surface area contributed by atoms with Gasteiger partial charge in [0.25, 0.3) is 0 Å². The Labute approximate surface area is 90.9 Å². The molecular weight excluding hydrogens is 194 g/mol. The maximum atomic E-state index is 11.6. The first-order valence-electron chi connectivity index (χ1n) is 5.44. The zero-order valence-corrected chi connectivity index (χ0v) is 9.53. The summed E-state index contributed by atoms with van der Waals surface area (Å²) in [7, 11) is 1.79. The molecule has 0 aromatic rings. The molecule has 15 heavy (non-hydrogen) atoms. The molecule has 1 aliphatic rings. The van der Waals surface area contributed by atoms with Crippen LogP contribution in [0.4, 0.5) is 4.79 Å². The number of amides is 2. The molecule has 1 fully saturated rings. The van der Waals surface area contributed by atoms with Crippen LogP contribution < -0.4 is 11.1 Å². The number of hydrogen-bond acceptors (Lipinski definition) is 3. The Balaban J connectivity index is 2.20. The Morgan fingerprint density at radius 3 is 3.00 bits per heavy atom. The SMILES string of the molecule is CC(N)CCN(C)C(=O)NC1CCOC1. The van der Waals surface area contributed by atoms with Gasteiger partial charge in [0.1, 0.15) is 0 Å². The molecule has 0 bridgehead atoms. The van der Waals surface area contributed by atoms with Crippen LogP contribution in [0.1, 0.15) is 19.8 Å². The minimum absolute atomic E-state index is 0.0360. The van der Waals surface area contributed by atoms with E-state index in [0.717, 1.165) is 19.4 Å². The zero-order chi connectivity index (χ0) is 11.3. The molecule has 2 unspecified atom stereocenters. The maximum absolute atomic E-state index is 11.6. The smallest absolute Gasteiger partial charge is 0.317 e. The number of hydrogen-bond donors (Lipinski definition) is 2. The van der Waals surface area contributed by atoms with Crippen LogP contribution in [0.25, 0.3) is 0 Å². The Kier molecular flexibility index (Phi) is 4.84. The Morgan fingerprint density at radius 2 is 2.47 bits per heavy atom. The van der Waals surface area contributed by atoms with Gasteiger partial charge in [-0.3, -0.25) is 0 Å². The highest BCUT2D eigenvalue weighted by atomic mass is 16.5. The molecule has 1 rings (SSSR count). The molecule has 0 spiro atoms. The van der Waals surface area contributed by atoms with Gasteiger partial charge in [0.2, 0.25) is 0 Å². The molecular formula is C10H21N3O2. The summed E-state index contributed by atoms with van der Waals surface area (Å²) in [4.78, 5) is 13.3. The van der Waals surface area contributed by atoms with Gasteiger partial charge in [-0.05, 0) is 19.8 Å². The fourth-order valence-corrected chi connectivity index (χ4v) is 1.43. The lowest BCUT2D eigenvalue weighted by Crippen LogP contribution is -2.44. The van der Waals surface area contributed by atoms with Gasteiger partial charge in [0.05, 0.1) is 12.6 Å². The second-order valence-corrected chi connectivity index (χ2v) is 4.20. The predicted molar refractivity (Wildman–Crippen MR) is 58.7 cm³/mol. The van der Waals surface area contributed by atoms with Crippen LogP contribution in [0.2, 0.25) is 0 Å². The summed E-state index contributed by atoms with van der Waals surface area (Å²) in [5.41, 5.74) is 5.63. The number of urea groups is 1. The van der Waals surface area contributed by atoms with Gasteiger partial charge in [-0.1, -0.05) is 0 Å². The van der Waals surface area contributed by atoms with E-state index in [1.807, 2.05) is 6.92 Å². The van der Waals surface area contributed by atoms with Crippen LogP contribution >= 0.6 is 0 Å². The summed E-state index contributed by atoms with van der Waals surface area (Å²) >= 11 is 0. The molecule has 88 valence electrons. The third-order valence-electron chi connectivity index (χ3n) is 2.52. The number of nitrogens with zero attached hydrogens (tertiary/aromatic N) is 1. The monoisotopic (exact) mass is 215 g/mol. The fourth-order valence-electron chi connectivity index (χ4n) is 1.43. The molecule has 1 heterocycles. The van der Waals surface area contributed by atoms with Crippen LogP contribution in [-0.2, 0) is 4.74 Å². The number of carbonyl (C=O) groups is 1. The lowest BCUT2D eigenvalue weighted by molar-refractivity contribution is 0.181. The number of nitrogens with one attached hydrogen (secondary N) is 1. The Hall–Kier alpha value is -0.810. The molecule has 3 N–H and O–H groups in total. The first kappa shape index (κ1) is 12.3. The van der Waals surface area contributed by atoms with Gasteiger partial charge in [0, 0.05) is 26.2 Å². The molecule has 0 radical (unpaired) electrons. The fraction of sp³-hybridized carbons (Fsp3) is 0.900. The maximum Gasteiger partial charge on any atom is 0.317 e. The van der Waals surface area contributed by atoms with Crippen LogP contribution in [0.3, 0.4) is 0 Å². The van der Waals surface area contributed by atoms with Crippen molar-refractivity contribution in [3.63, 3.8) is 0 Å². The molecule has 0 aliphatic carbocycles. The van der Waals surface area contributed by atoms with E-state index < -0.39 is 0 Å². The van der Waals surface area contributed by atoms with E-state index in [9.17, 15) is 4.79 Å². The molecule has 1 saturated heterocycles. The second-order valence-electron chi connectivity index (χ2n) is 4.20. The highest BCUT2D eigenvalue weighted by molar-refractivity contribution is 5.74. The van der Waals surface area contributed by atoms with Gasteiger partial charge in [-0.25, -0.2) is 4.79 Å². The van der Waals surface area contributed by atoms with Crippen LogP contribution in [0.15, 0.2) is 0 Å². The third-order valence-corrected chi connectivity index (χ3v) is 2.52. The van der Waals surface area contributed by atoms with Crippen molar-refractivity contribution in [1.82, 2.24) is 10.2 Å². The summed E-state index contributed by atoms with van der Waals surface area (Å²) in [6.45, 7) is 4.01. The van der Waals surface area contributed by atoms with E-state index in [1.54, 1.807) is 11.9 Å². The van der Waals surface area contributed by atoms with Crippen molar-refractivity contribution >= 4 is 6.03 Å². The summed E-state index contributed by atoms with van der Waals surface area (Å²) < 4.78 is 5.18. The molecule has 0 aromatic heterocycles. The first-order valence-corrected chi connectivity index (χ1v) is 5.44. The molecule has 1 aliphatic heterocycles. The number of rotatable bonds is 4. The van der Waals surface area contributed by atoms with Crippen molar-refractivity contribution in [2.75, 3.05) is 26.8 Å². The van der Waals surface area contributed by atoms with Gasteiger partial charge < -0.3 is 20.7 Å². The van der Waals surface area contributed by atoms with E-state index in [2.05, 4.69) is 5.32 Å². The zero-order valence-electron chi connectivity index (χ0n) is 9.53. The van der Waals surface area contributed by atoms with Crippen molar-refractivity contribution in [3.8, 4) is 0 Å². The van der Waals surface area contributed by atoms with E-state index in [1.165, 1.54) is 0 Å². The first-order chi connectivity index (χ1) is 7.09. The normalized spacial score (nSPS) is 22.5. The summed E-state index contributed by atoms with van der Waals surface area (Å²) in [5, 5.41) is 2.92. The van der Waals surface area contributed by atoms with Gasteiger partial charge in [-0.2, -0.15) is 0 Å². The molecule has 5 nitrogen and oxygen atoms in total. The van der Waals surface area contributed by atoms with Crippen LogP contribution in [0.5, 0.6) is 0 Å². The molecule has 0 saturated carbocycles. The number of ether oxygens (including phenoxy) is 1. The number of nitrogens with two attached hydrogens (primary N) is 1. The van der Waals surface area contributed by atoms with Crippen LogP contribution in [0, 0.1) is 0 Å². The lowest BCUT2D eigenvalue weighted by Gasteiger charge is -2.21. The van der Waals surface area contributed by atoms with Crippen molar-refractivity contribution in [1.29, 1.82) is 0 Å². The number of carbonyl (C=O) groups excluding carboxylic acids is 1. The summed E-state index contributed by atoms with van der Waals surface area (Å²) in [6.07, 6.45) is 1.73. The van der Waals surface area contributed by atoms with E-state index >= 15 is 0 Å². The molecule has 2 atom stereocenters. The van der Waals surface area contributed by atoms with Gasteiger partial charge >= 0.3 is 6.03 Å². The van der Waals surface area contributed by atoms with Crippen molar-refractivity contribution < 1.29 is 9.53 Å². The minimum Gasteiger partial charge on any atom is -0.379 e. The Morgan fingerprint density at radius 1 is 1.73 bits per heavy atom. The largest absolute Gasteiger partial charge is 0.379 e. The van der Waals surface area contributed by atoms with Crippen molar-refractivity contribution in [3.05, 3.63) is 0 Å². The predicted octanol–water partition coefficient (Wildman–Crippen LogP) is 0.154. The van der Waals surface area contributed by atoms with Crippen LogP contribution in [-0.4, -0.2) is 49.8 Å². The van der Waals surface area contributed by atoms with Gasteiger partial charge in [0.15, 0.2) is 0 Å². The third kappa shape index (κ3) is 4.48. The quantitative estimate of drug-likeness (QED) is 0.701. The molecule has 5 heteroatoms. The summed E-state index contributed by atoms with van der Waals surface area (Å²) in [6, 6.07) is 0.275. The Bertz CT molecular complexity index is 203. The van der Waals surface area contributed by atoms with Crippen molar-refractivity contribution in [2.24, 2.45) is 5.73 Å². The van der Waals surface area contributed by atoms with E-state index in [0.29, 0.717) is 13.2 Å². The second kappa shape index (κ2) is 5.92. The molecule has 2 amide bonds.